The summed E-state index contributed by atoms with van der Waals surface area (Å²) in [6.45, 7) is -0.0962. The third kappa shape index (κ3) is 3.62. The molecule has 1 aromatic carbocycles. The number of halogens is 2. The Morgan fingerprint density at radius 2 is 2.05 bits per heavy atom. The van der Waals surface area contributed by atoms with Gasteiger partial charge in [0.15, 0.2) is 5.82 Å². The molecular weight excluding hydrogens is 320 g/mol. The van der Waals surface area contributed by atoms with Crippen molar-refractivity contribution in [1.82, 2.24) is 15.0 Å². The van der Waals surface area contributed by atoms with Gasteiger partial charge in [0.05, 0.1) is 5.51 Å². The van der Waals surface area contributed by atoms with E-state index in [1.165, 1.54) is 24.6 Å². The van der Waals surface area contributed by atoms with Crippen LogP contribution in [0.5, 0.6) is 0 Å². The number of nitrogens with zero attached hydrogens (tertiary/aromatic N) is 1. The van der Waals surface area contributed by atoms with Crippen LogP contribution < -0.4 is 10.0 Å². The third-order valence-electron chi connectivity index (χ3n) is 2.71. The number of benzene rings is 1. The first-order chi connectivity index (χ1) is 9.95. The molecule has 0 saturated carbocycles. The Kier molecular flexibility index (Phi) is 4.99. The lowest BCUT2D eigenvalue weighted by molar-refractivity contribution is 0.518. The molecule has 0 aliphatic carbocycles. The van der Waals surface area contributed by atoms with Crippen molar-refractivity contribution in [3.8, 4) is 0 Å². The molecule has 114 valence electrons. The summed E-state index contributed by atoms with van der Waals surface area (Å²) in [6, 6.07) is 1.86. The van der Waals surface area contributed by atoms with Crippen molar-refractivity contribution in [2.45, 2.75) is 18.0 Å². The van der Waals surface area contributed by atoms with Crippen molar-refractivity contribution in [2.24, 2.45) is 0 Å². The van der Waals surface area contributed by atoms with Crippen LogP contribution in [0.25, 0.3) is 0 Å². The molecule has 21 heavy (non-hydrogen) atoms. The average molecular weight is 333 g/mol. The van der Waals surface area contributed by atoms with Crippen molar-refractivity contribution in [2.75, 3.05) is 7.05 Å². The second-order valence-corrected chi connectivity index (χ2v) is 6.87. The average Bonchev–Trinajstić information content (AvgIpc) is 2.94. The molecule has 0 aliphatic heterocycles. The Labute approximate surface area is 125 Å². The molecule has 2 rings (SSSR count). The minimum Gasteiger partial charge on any atom is -0.315 e. The van der Waals surface area contributed by atoms with Crippen molar-refractivity contribution in [3.05, 3.63) is 45.9 Å². The minimum atomic E-state index is -4.07. The van der Waals surface area contributed by atoms with Gasteiger partial charge in [0.1, 0.15) is 10.7 Å². The Bertz CT molecular complexity index is 718. The molecule has 2 aromatic rings. The fourth-order valence-corrected chi connectivity index (χ4v) is 3.43. The Morgan fingerprint density at radius 3 is 2.67 bits per heavy atom. The number of hydrogen-bond acceptors (Lipinski definition) is 5. The zero-order valence-electron chi connectivity index (χ0n) is 11.1. The molecule has 0 unspecified atom stereocenters. The van der Waals surface area contributed by atoms with Crippen LogP contribution in [0.2, 0.25) is 0 Å². The normalized spacial score (nSPS) is 11.8. The lowest BCUT2D eigenvalue weighted by Crippen LogP contribution is -2.25. The maximum atomic E-state index is 14.2. The van der Waals surface area contributed by atoms with Gasteiger partial charge in [-0.15, -0.1) is 11.3 Å². The highest BCUT2D eigenvalue weighted by Gasteiger charge is 2.23. The van der Waals surface area contributed by atoms with Gasteiger partial charge in [0.25, 0.3) is 0 Å². The second-order valence-electron chi connectivity index (χ2n) is 4.16. The van der Waals surface area contributed by atoms with Crippen LogP contribution in [0, 0.1) is 11.6 Å². The number of aromatic nitrogens is 1. The van der Waals surface area contributed by atoms with Gasteiger partial charge < -0.3 is 5.32 Å². The first kappa shape index (κ1) is 16.0. The predicted octanol–water partition coefficient (Wildman–Crippen LogP) is 1.62. The molecular formula is C12H13F2N3O2S2. The van der Waals surface area contributed by atoms with E-state index in [0.29, 0.717) is 4.88 Å². The van der Waals surface area contributed by atoms with Crippen LogP contribution in [0.1, 0.15) is 10.4 Å². The zero-order chi connectivity index (χ0) is 15.5. The van der Waals surface area contributed by atoms with Gasteiger partial charge in [-0.3, -0.25) is 4.98 Å². The molecule has 1 aromatic heterocycles. The topological polar surface area (TPSA) is 71.1 Å². The zero-order valence-corrected chi connectivity index (χ0v) is 12.7. The fraction of sp³-hybridized carbons (Fsp3) is 0.250. The van der Waals surface area contributed by atoms with Gasteiger partial charge in [-0.2, -0.15) is 0 Å². The smallest absolute Gasteiger partial charge is 0.243 e. The van der Waals surface area contributed by atoms with Crippen molar-refractivity contribution in [3.63, 3.8) is 0 Å². The molecule has 0 atom stereocenters. The lowest BCUT2D eigenvalue weighted by Gasteiger charge is -2.10. The molecule has 0 fully saturated rings. The van der Waals surface area contributed by atoms with Crippen LogP contribution in [0.3, 0.4) is 0 Å². The fourth-order valence-electron chi connectivity index (χ4n) is 1.70. The monoisotopic (exact) mass is 333 g/mol. The third-order valence-corrected chi connectivity index (χ3v) is 4.91. The summed E-state index contributed by atoms with van der Waals surface area (Å²) in [4.78, 5) is 3.94. The van der Waals surface area contributed by atoms with E-state index >= 15 is 0 Å². The number of sulfonamides is 1. The molecule has 5 nitrogen and oxygen atoms in total. The summed E-state index contributed by atoms with van der Waals surface area (Å²) in [5, 5.41) is 2.60. The van der Waals surface area contributed by atoms with E-state index in [4.69, 9.17) is 0 Å². The second kappa shape index (κ2) is 6.56. The summed E-state index contributed by atoms with van der Waals surface area (Å²) in [5.41, 5.74) is 1.26. The molecule has 1 heterocycles. The standard InChI is InChI=1S/C12H13F2N3O2S2/c1-15-6-9-10(13)2-3-11(12(9)14)21(18,19)17-5-8-4-16-7-20-8/h2-4,7,15,17H,5-6H2,1H3. The van der Waals surface area contributed by atoms with E-state index in [-0.39, 0.29) is 18.7 Å². The van der Waals surface area contributed by atoms with Gasteiger partial charge in [-0.1, -0.05) is 0 Å². The van der Waals surface area contributed by atoms with Crippen LogP contribution >= 0.6 is 11.3 Å². The van der Waals surface area contributed by atoms with E-state index in [1.54, 1.807) is 5.51 Å². The van der Waals surface area contributed by atoms with E-state index in [1.807, 2.05) is 0 Å². The summed E-state index contributed by atoms with van der Waals surface area (Å²) >= 11 is 1.27. The number of nitrogens with one attached hydrogen (secondary N) is 2. The Balaban J connectivity index is 2.29. The van der Waals surface area contributed by atoms with Gasteiger partial charge in [0.2, 0.25) is 10.0 Å². The first-order valence-corrected chi connectivity index (χ1v) is 8.30. The van der Waals surface area contributed by atoms with Gasteiger partial charge >= 0.3 is 0 Å². The van der Waals surface area contributed by atoms with Crippen molar-refractivity contribution in [1.29, 1.82) is 0 Å². The number of hydrogen-bond donors (Lipinski definition) is 2. The first-order valence-electron chi connectivity index (χ1n) is 5.94. The molecule has 0 spiro atoms. The van der Waals surface area contributed by atoms with E-state index in [0.717, 1.165) is 12.1 Å². The molecule has 0 amide bonds. The van der Waals surface area contributed by atoms with Crippen LogP contribution in [0.15, 0.2) is 28.7 Å². The van der Waals surface area contributed by atoms with Gasteiger partial charge in [-0.05, 0) is 19.2 Å². The summed E-state index contributed by atoms with van der Waals surface area (Å²) in [5.74, 6) is -1.87. The maximum absolute atomic E-state index is 14.2. The predicted molar refractivity (Wildman–Crippen MR) is 75.3 cm³/mol. The lowest BCUT2D eigenvalue weighted by atomic mass is 10.2. The Morgan fingerprint density at radius 1 is 1.29 bits per heavy atom. The number of rotatable bonds is 6. The van der Waals surface area contributed by atoms with E-state index < -0.39 is 26.6 Å². The molecule has 0 aliphatic rings. The molecule has 9 heteroatoms. The van der Waals surface area contributed by atoms with E-state index in [9.17, 15) is 17.2 Å². The quantitative estimate of drug-likeness (QED) is 0.843. The molecule has 0 radical (unpaired) electrons. The maximum Gasteiger partial charge on any atom is 0.243 e. The van der Waals surface area contributed by atoms with Crippen molar-refractivity contribution < 1.29 is 17.2 Å². The van der Waals surface area contributed by atoms with E-state index in [2.05, 4.69) is 15.0 Å². The summed E-state index contributed by atoms with van der Waals surface area (Å²) < 4.78 is 54.2. The van der Waals surface area contributed by atoms with Gasteiger partial charge in [-0.25, -0.2) is 21.9 Å². The van der Waals surface area contributed by atoms with Crippen LogP contribution in [-0.4, -0.2) is 20.4 Å². The van der Waals surface area contributed by atoms with Gasteiger partial charge in [0, 0.05) is 29.7 Å². The van der Waals surface area contributed by atoms with Crippen LogP contribution in [-0.2, 0) is 23.1 Å². The molecule has 0 bridgehead atoms. The largest absolute Gasteiger partial charge is 0.315 e. The summed E-state index contributed by atoms with van der Waals surface area (Å²) in [6.07, 6.45) is 1.51. The SMILES string of the molecule is CNCc1c(F)ccc(S(=O)(=O)NCc2cncs2)c1F. The molecule has 2 N–H and O–H groups in total. The minimum absolute atomic E-state index is 0.00514. The summed E-state index contributed by atoms with van der Waals surface area (Å²) in [7, 11) is -2.55. The highest BCUT2D eigenvalue weighted by Crippen LogP contribution is 2.21. The highest BCUT2D eigenvalue weighted by molar-refractivity contribution is 7.89. The molecule has 0 saturated heterocycles. The number of thiazole rings is 1. The van der Waals surface area contributed by atoms with Crippen molar-refractivity contribution >= 4 is 21.4 Å². The van der Waals surface area contributed by atoms with Crippen LogP contribution in [0.4, 0.5) is 8.78 Å². The highest BCUT2D eigenvalue weighted by atomic mass is 32.2. The Hall–Kier alpha value is -1.42.